The standard InChI is InChI=1S/C18H14N2O3S/c1-22-14-5-6-15-12(8-17(21)23-16(15)9-14)11-24-18-19-10-13-4-2-3-7-20(13)18/h2-10H,11H2,1H3. The van der Waals surface area contributed by atoms with Gasteiger partial charge in [-0.1, -0.05) is 17.8 Å². The molecule has 6 heteroatoms. The second kappa shape index (κ2) is 6.05. The maximum absolute atomic E-state index is 11.8. The molecule has 4 aromatic rings. The van der Waals surface area contributed by atoms with Crippen LogP contribution in [-0.2, 0) is 5.75 Å². The first-order valence-electron chi connectivity index (χ1n) is 7.40. The molecule has 0 amide bonds. The van der Waals surface area contributed by atoms with E-state index in [-0.39, 0.29) is 5.63 Å². The van der Waals surface area contributed by atoms with Crippen LogP contribution in [0.2, 0.25) is 0 Å². The van der Waals surface area contributed by atoms with E-state index in [1.807, 2.05) is 47.1 Å². The summed E-state index contributed by atoms with van der Waals surface area (Å²) in [6, 6.07) is 13.0. The molecule has 0 bridgehead atoms. The molecule has 0 atom stereocenters. The van der Waals surface area contributed by atoms with E-state index in [1.165, 1.54) is 6.07 Å². The number of pyridine rings is 1. The fraction of sp³-hybridized carbons (Fsp3) is 0.111. The first-order valence-corrected chi connectivity index (χ1v) is 8.39. The summed E-state index contributed by atoms with van der Waals surface area (Å²) in [5, 5.41) is 1.80. The van der Waals surface area contributed by atoms with Crippen molar-refractivity contribution in [2.45, 2.75) is 10.9 Å². The zero-order chi connectivity index (χ0) is 16.5. The molecule has 120 valence electrons. The molecule has 24 heavy (non-hydrogen) atoms. The Labute approximate surface area is 141 Å². The number of ether oxygens (including phenoxy) is 1. The van der Waals surface area contributed by atoms with Crippen LogP contribution < -0.4 is 10.4 Å². The van der Waals surface area contributed by atoms with Crippen LogP contribution in [0, 0.1) is 0 Å². The predicted molar refractivity (Wildman–Crippen MR) is 93.8 cm³/mol. The molecule has 0 spiro atoms. The van der Waals surface area contributed by atoms with Gasteiger partial charge < -0.3 is 9.15 Å². The largest absolute Gasteiger partial charge is 0.497 e. The first-order chi connectivity index (χ1) is 11.7. The van der Waals surface area contributed by atoms with E-state index in [0.29, 0.717) is 17.1 Å². The van der Waals surface area contributed by atoms with E-state index >= 15 is 0 Å². The molecule has 4 rings (SSSR count). The zero-order valence-electron chi connectivity index (χ0n) is 12.9. The molecule has 0 radical (unpaired) electrons. The van der Waals surface area contributed by atoms with Crippen LogP contribution in [0.5, 0.6) is 5.75 Å². The number of fused-ring (bicyclic) bond motifs is 2. The monoisotopic (exact) mass is 338 g/mol. The third kappa shape index (κ3) is 2.65. The Morgan fingerprint density at radius 1 is 1.25 bits per heavy atom. The van der Waals surface area contributed by atoms with Crippen LogP contribution in [0.3, 0.4) is 0 Å². The van der Waals surface area contributed by atoms with Crippen molar-refractivity contribution in [3.63, 3.8) is 0 Å². The van der Waals surface area contributed by atoms with Crippen LogP contribution in [0.15, 0.2) is 69.2 Å². The minimum Gasteiger partial charge on any atom is -0.497 e. The lowest BCUT2D eigenvalue weighted by atomic mass is 10.1. The van der Waals surface area contributed by atoms with Gasteiger partial charge in [-0.05, 0) is 29.8 Å². The molecule has 5 nitrogen and oxygen atoms in total. The number of thioether (sulfide) groups is 1. The van der Waals surface area contributed by atoms with Crippen LogP contribution in [0.4, 0.5) is 0 Å². The topological polar surface area (TPSA) is 56.7 Å². The fourth-order valence-corrected chi connectivity index (χ4v) is 3.58. The van der Waals surface area contributed by atoms with Gasteiger partial charge in [0.05, 0.1) is 18.8 Å². The molecule has 0 saturated heterocycles. The first kappa shape index (κ1) is 14.8. The second-order valence-corrected chi connectivity index (χ2v) is 6.22. The minimum absolute atomic E-state index is 0.362. The molecular formula is C18H14N2O3S. The molecular weight excluding hydrogens is 324 g/mol. The molecule has 1 aromatic carbocycles. The normalized spacial score (nSPS) is 11.2. The van der Waals surface area contributed by atoms with E-state index in [4.69, 9.17) is 9.15 Å². The van der Waals surface area contributed by atoms with Crippen LogP contribution in [0.1, 0.15) is 5.56 Å². The molecule has 3 aromatic heterocycles. The third-order valence-electron chi connectivity index (χ3n) is 3.80. The molecule has 0 N–H and O–H groups in total. The fourth-order valence-electron chi connectivity index (χ4n) is 2.62. The summed E-state index contributed by atoms with van der Waals surface area (Å²) in [7, 11) is 1.59. The Morgan fingerprint density at radius 3 is 3.04 bits per heavy atom. The average Bonchev–Trinajstić information content (AvgIpc) is 3.02. The number of rotatable bonds is 4. The Bertz CT molecular complexity index is 1080. The molecule has 0 aliphatic carbocycles. The van der Waals surface area contributed by atoms with Gasteiger partial charge in [-0.2, -0.15) is 0 Å². The molecule has 0 aliphatic rings. The van der Waals surface area contributed by atoms with Crippen molar-refractivity contribution in [2.24, 2.45) is 0 Å². The summed E-state index contributed by atoms with van der Waals surface area (Å²) in [6.07, 6.45) is 3.82. The molecule has 0 saturated carbocycles. The molecule has 0 aliphatic heterocycles. The maximum Gasteiger partial charge on any atom is 0.336 e. The Morgan fingerprint density at radius 2 is 2.17 bits per heavy atom. The van der Waals surface area contributed by atoms with Crippen LogP contribution in [-0.4, -0.2) is 16.5 Å². The number of imidazole rings is 1. The van der Waals surface area contributed by atoms with Crippen molar-refractivity contribution in [2.75, 3.05) is 7.11 Å². The van der Waals surface area contributed by atoms with Crippen molar-refractivity contribution in [1.82, 2.24) is 9.38 Å². The SMILES string of the molecule is COc1ccc2c(CSc3ncc4ccccn34)cc(=O)oc2c1. The van der Waals surface area contributed by atoms with Crippen molar-refractivity contribution in [3.05, 3.63) is 70.8 Å². The van der Waals surface area contributed by atoms with Gasteiger partial charge in [-0.15, -0.1) is 0 Å². The average molecular weight is 338 g/mol. The van der Waals surface area contributed by atoms with E-state index in [2.05, 4.69) is 4.98 Å². The summed E-state index contributed by atoms with van der Waals surface area (Å²) in [5.41, 5.74) is 2.13. The van der Waals surface area contributed by atoms with Gasteiger partial charge in [0.2, 0.25) is 0 Å². The van der Waals surface area contributed by atoms with E-state index < -0.39 is 0 Å². The number of methoxy groups -OCH3 is 1. The highest BCUT2D eigenvalue weighted by atomic mass is 32.2. The highest BCUT2D eigenvalue weighted by Crippen LogP contribution is 2.28. The van der Waals surface area contributed by atoms with Crippen molar-refractivity contribution < 1.29 is 9.15 Å². The quantitative estimate of drug-likeness (QED) is 0.419. The van der Waals surface area contributed by atoms with Gasteiger partial charge in [-0.25, -0.2) is 9.78 Å². The predicted octanol–water partition coefficient (Wildman–Crippen LogP) is 3.74. The van der Waals surface area contributed by atoms with Gasteiger partial charge in [0.25, 0.3) is 0 Å². The van der Waals surface area contributed by atoms with Gasteiger partial charge in [0.1, 0.15) is 11.3 Å². The number of nitrogens with zero attached hydrogens (tertiary/aromatic N) is 2. The Kier molecular flexibility index (Phi) is 3.74. The number of hydrogen-bond acceptors (Lipinski definition) is 5. The number of hydrogen-bond donors (Lipinski definition) is 0. The van der Waals surface area contributed by atoms with E-state index in [9.17, 15) is 4.79 Å². The lowest BCUT2D eigenvalue weighted by Crippen LogP contribution is -2.00. The minimum atomic E-state index is -0.362. The summed E-state index contributed by atoms with van der Waals surface area (Å²) in [4.78, 5) is 16.3. The summed E-state index contributed by atoms with van der Waals surface area (Å²) < 4.78 is 12.5. The van der Waals surface area contributed by atoms with Crippen molar-refractivity contribution in [1.29, 1.82) is 0 Å². The number of aromatic nitrogens is 2. The van der Waals surface area contributed by atoms with Gasteiger partial charge in [0.15, 0.2) is 5.16 Å². The Hall–Kier alpha value is -2.73. The zero-order valence-corrected chi connectivity index (χ0v) is 13.7. The highest BCUT2D eigenvalue weighted by molar-refractivity contribution is 7.98. The van der Waals surface area contributed by atoms with E-state index in [1.54, 1.807) is 24.9 Å². The second-order valence-electron chi connectivity index (χ2n) is 5.28. The lowest BCUT2D eigenvalue weighted by Gasteiger charge is -2.06. The van der Waals surface area contributed by atoms with Crippen molar-refractivity contribution >= 4 is 28.2 Å². The van der Waals surface area contributed by atoms with Gasteiger partial charge in [-0.3, -0.25) is 4.40 Å². The summed E-state index contributed by atoms with van der Waals surface area (Å²) in [6.45, 7) is 0. The van der Waals surface area contributed by atoms with Gasteiger partial charge >= 0.3 is 5.63 Å². The highest BCUT2D eigenvalue weighted by Gasteiger charge is 2.10. The third-order valence-corrected chi connectivity index (χ3v) is 4.81. The maximum atomic E-state index is 11.8. The molecule has 0 unspecified atom stereocenters. The number of benzene rings is 1. The van der Waals surface area contributed by atoms with Crippen LogP contribution >= 0.6 is 11.8 Å². The van der Waals surface area contributed by atoms with Gasteiger partial charge in [0, 0.05) is 29.5 Å². The van der Waals surface area contributed by atoms with E-state index in [0.717, 1.165) is 21.6 Å². The molecule has 0 fully saturated rings. The lowest BCUT2D eigenvalue weighted by molar-refractivity contribution is 0.414. The van der Waals surface area contributed by atoms with Crippen LogP contribution in [0.25, 0.3) is 16.5 Å². The Balaban J connectivity index is 1.70. The smallest absolute Gasteiger partial charge is 0.336 e. The summed E-state index contributed by atoms with van der Waals surface area (Å²) in [5.74, 6) is 1.29. The molecule has 3 heterocycles. The summed E-state index contributed by atoms with van der Waals surface area (Å²) >= 11 is 1.58. The van der Waals surface area contributed by atoms with Crippen molar-refractivity contribution in [3.8, 4) is 5.75 Å².